The minimum Gasteiger partial charge on any atom is -0.391 e. The van der Waals surface area contributed by atoms with Gasteiger partial charge in [-0.2, -0.15) is 0 Å². The summed E-state index contributed by atoms with van der Waals surface area (Å²) in [5, 5.41) is 11.3. The van der Waals surface area contributed by atoms with E-state index in [4.69, 9.17) is 11.6 Å². The molecule has 0 spiro atoms. The molecule has 0 radical (unpaired) electrons. The molecule has 0 fully saturated rings. The van der Waals surface area contributed by atoms with Gasteiger partial charge < -0.3 is 10.4 Å². The zero-order valence-electron chi connectivity index (χ0n) is 7.67. The van der Waals surface area contributed by atoms with Gasteiger partial charge >= 0.3 is 0 Å². The predicted molar refractivity (Wildman–Crippen MR) is 49.2 cm³/mol. The Morgan fingerprint density at radius 3 is 2.33 bits per heavy atom. The van der Waals surface area contributed by atoms with Crippen molar-refractivity contribution in [1.82, 2.24) is 5.32 Å². The van der Waals surface area contributed by atoms with Crippen LogP contribution in [0.3, 0.4) is 0 Å². The van der Waals surface area contributed by atoms with Crippen molar-refractivity contribution < 1.29 is 9.90 Å². The fourth-order valence-corrected chi connectivity index (χ4v) is 0.659. The van der Waals surface area contributed by atoms with Crippen LogP contribution in [0.2, 0.25) is 0 Å². The molecule has 0 bridgehead atoms. The van der Waals surface area contributed by atoms with E-state index < -0.39 is 11.5 Å². The van der Waals surface area contributed by atoms with Crippen LogP contribution in [-0.4, -0.2) is 29.0 Å². The number of hydrogen-bond donors (Lipinski definition) is 2. The first-order valence-electron chi connectivity index (χ1n) is 4.05. The lowest BCUT2D eigenvalue weighted by Crippen LogP contribution is -2.37. The molecule has 0 aliphatic rings. The quantitative estimate of drug-likeness (QED) is 0.648. The number of hydrogen-bond acceptors (Lipinski definition) is 2. The van der Waals surface area contributed by atoms with E-state index in [1.54, 1.807) is 6.92 Å². The smallest absolute Gasteiger partial charge is 0.237 e. The van der Waals surface area contributed by atoms with Gasteiger partial charge in [0, 0.05) is 6.54 Å². The van der Waals surface area contributed by atoms with Crippen molar-refractivity contribution in [1.29, 1.82) is 0 Å². The van der Waals surface area contributed by atoms with Crippen molar-refractivity contribution in [3.8, 4) is 0 Å². The number of rotatable bonds is 4. The highest BCUT2D eigenvalue weighted by Gasteiger charge is 2.13. The Balaban J connectivity index is 3.61. The van der Waals surface area contributed by atoms with E-state index in [1.165, 1.54) is 0 Å². The molecule has 0 aliphatic heterocycles. The van der Waals surface area contributed by atoms with Gasteiger partial charge in [0.1, 0.15) is 5.38 Å². The zero-order chi connectivity index (χ0) is 9.72. The van der Waals surface area contributed by atoms with E-state index in [2.05, 4.69) is 5.32 Å². The van der Waals surface area contributed by atoms with Crippen LogP contribution in [-0.2, 0) is 4.79 Å². The first-order valence-corrected chi connectivity index (χ1v) is 4.48. The van der Waals surface area contributed by atoms with Crippen LogP contribution < -0.4 is 5.32 Å². The number of carbonyl (C=O) groups excluding carboxylic acids is 1. The van der Waals surface area contributed by atoms with Gasteiger partial charge in [-0.15, -0.1) is 11.6 Å². The summed E-state index contributed by atoms with van der Waals surface area (Å²) in [6.45, 7) is 5.65. The Labute approximate surface area is 78.1 Å². The lowest BCUT2D eigenvalue weighted by atomic mass is 10.1. The van der Waals surface area contributed by atoms with E-state index in [0.717, 1.165) is 0 Å². The van der Waals surface area contributed by atoms with Gasteiger partial charge in [-0.1, -0.05) is 13.8 Å². The second kappa shape index (κ2) is 5.38. The Kier molecular flexibility index (Phi) is 5.25. The van der Waals surface area contributed by atoms with Gasteiger partial charge in [0.2, 0.25) is 5.91 Å². The molecular weight excluding hydrogens is 178 g/mol. The number of amides is 1. The Hall–Kier alpha value is -0.280. The first-order chi connectivity index (χ1) is 5.45. The molecule has 0 saturated carbocycles. The SMILES string of the molecule is CC(Cl)C(=O)NCC(O)C(C)C. The summed E-state index contributed by atoms with van der Waals surface area (Å²) in [5.41, 5.74) is 0. The summed E-state index contributed by atoms with van der Waals surface area (Å²) < 4.78 is 0. The fourth-order valence-electron chi connectivity index (χ4n) is 0.582. The molecule has 4 heteroatoms. The zero-order valence-corrected chi connectivity index (χ0v) is 8.43. The molecule has 12 heavy (non-hydrogen) atoms. The Morgan fingerprint density at radius 2 is 2.00 bits per heavy atom. The number of carbonyl (C=O) groups is 1. The highest BCUT2D eigenvalue weighted by molar-refractivity contribution is 6.30. The van der Waals surface area contributed by atoms with Crippen molar-refractivity contribution >= 4 is 17.5 Å². The van der Waals surface area contributed by atoms with Crippen molar-refractivity contribution in [2.24, 2.45) is 5.92 Å². The first kappa shape index (κ1) is 11.7. The molecule has 3 nitrogen and oxygen atoms in total. The molecule has 0 aromatic carbocycles. The summed E-state index contributed by atoms with van der Waals surface area (Å²) in [6.07, 6.45) is -0.496. The minimum atomic E-state index is -0.538. The lowest BCUT2D eigenvalue weighted by molar-refractivity contribution is -0.121. The molecule has 0 rings (SSSR count). The van der Waals surface area contributed by atoms with Gasteiger partial charge in [-0.05, 0) is 12.8 Å². The third-order valence-corrected chi connectivity index (χ3v) is 1.81. The molecule has 1 amide bonds. The molecule has 0 heterocycles. The summed E-state index contributed by atoms with van der Waals surface area (Å²) in [4.78, 5) is 10.9. The van der Waals surface area contributed by atoms with Crippen molar-refractivity contribution in [2.45, 2.75) is 32.3 Å². The van der Waals surface area contributed by atoms with E-state index in [9.17, 15) is 9.90 Å². The maximum absolute atomic E-state index is 10.9. The number of alkyl halides is 1. The van der Waals surface area contributed by atoms with Gasteiger partial charge in [0.05, 0.1) is 6.10 Å². The highest BCUT2D eigenvalue weighted by Crippen LogP contribution is 1.99. The van der Waals surface area contributed by atoms with Crippen LogP contribution in [0.5, 0.6) is 0 Å². The molecule has 0 saturated heterocycles. The summed E-state index contributed by atoms with van der Waals surface area (Å²) >= 11 is 5.50. The molecule has 2 atom stereocenters. The number of nitrogens with one attached hydrogen (secondary N) is 1. The standard InChI is InChI=1S/C8H16ClNO2/c1-5(2)7(11)4-10-8(12)6(3)9/h5-7,11H,4H2,1-3H3,(H,10,12). The predicted octanol–water partition coefficient (Wildman–Crippen LogP) is 0.747. The van der Waals surface area contributed by atoms with Crippen molar-refractivity contribution in [2.75, 3.05) is 6.54 Å². The van der Waals surface area contributed by atoms with E-state index in [0.29, 0.717) is 0 Å². The number of aliphatic hydroxyl groups is 1. The van der Waals surface area contributed by atoms with Gasteiger partial charge in [-0.3, -0.25) is 4.79 Å². The average molecular weight is 194 g/mol. The molecule has 0 aliphatic carbocycles. The van der Waals surface area contributed by atoms with Crippen LogP contribution in [0.25, 0.3) is 0 Å². The maximum atomic E-state index is 10.9. The van der Waals surface area contributed by atoms with Crippen molar-refractivity contribution in [3.05, 3.63) is 0 Å². The van der Waals surface area contributed by atoms with E-state index in [1.807, 2.05) is 13.8 Å². The summed E-state index contributed by atoms with van der Waals surface area (Å²) in [7, 11) is 0. The van der Waals surface area contributed by atoms with Gasteiger partial charge in [0.15, 0.2) is 0 Å². The maximum Gasteiger partial charge on any atom is 0.237 e. The molecule has 0 aromatic heterocycles. The molecule has 2 unspecified atom stereocenters. The van der Waals surface area contributed by atoms with Gasteiger partial charge in [-0.25, -0.2) is 0 Å². The summed E-state index contributed by atoms with van der Waals surface area (Å²) in [6, 6.07) is 0. The van der Waals surface area contributed by atoms with Crippen LogP contribution in [0, 0.1) is 5.92 Å². The topological polar surface area (TPSA) is 49.3 Å². The van der Waals surface area contributed by atoms with Crippen molar-refractivity contribution in [3.63, 3.8) is 0 Å². The van der Waals surface area contributed by atoms with E-state index >= 15 is 0 Å². The average Bonchev–Trinajstić information content (AvgIpc) is 1.98. The Morgan fingerprint density at radius 1 is 1.50 bits per heavy atom. The molecular formula is C8H16ClNO2. The highest BCUT2D eigenvalue weighted by atomic mass is 35.5. The van der Waals surface area contributed by atoms with Crippen LogP contribution in [0.1, 0.15) is 20.8 Å². The van der Waals surface area contributed by atoms with Crippen LogP contribution in [0.15, 0.2) is 0 Å². The molecule has 72 valence electrons. The van der Waals surface area contributed by atoms with Crippen LogP contribution in [0.4, 0.5) is 0 Å². The third kappa shape index (κ3) is 4.57. The number of aliphatic hydroxyl groups excluding tert-OH is 1. The normalized spacial score (nSPS) is 15.8. The fraction of sp³-hybridized carbons (Fsp3) is 0.875. The second-order valence-corrected chi connectivity index (χ2v) is 3.83. The van der Waals surface area contributed by atoms with Gasteiger partial charge in [0.25, 0.3) is 0 Å². The monoisotopic (exact) mass is 193 g/mol. The minimum absolute atomic E-state index is 0.149. The molecule has 2 N–H and O–H groups in total. The number of halogens is 1. The third-order valence-electron chi connectivity index (χ3n) is 1.62. The molecule has 0 aromatic rings. The Bertz CT molecular complexity index is 148. The van der Waals surface area contributed by atoms with Crippen LogP contribution >= 0.6 is 11.6 Å². The second-order valence-electron chi connectivity index (χ2n) is 3.17. The lowest BCUT2D eigenvalue weighted by Gasteiger charge is -2.15. The van der Waals surface area contributed by atoms with E-state index in [-0.39, 0.29) is 18.4 Å². The summed E-state index contributed by atoms with van der Waals surface area (Å²) in [5.74, 6) is -0.0905. The largest absolute Gasteiger partial charge is 0.391 e.